The van der Waals surface area contributed by atoms with Crippen LogP contribution in [-0.4, -0.2) is 37.2 Å². The molecule has 0 spiro atoms. The number of nitrogens with one attached hydrogen (secondary N) is 2. The molecule has 0 unspecified atom stereocenters. The van der Waals surface area contributed by atoms with E-state index in [4.69, 9.17) is 14.2 Å². The average molecular weight is 575 g/mol. The van der Waals surface area contributed by atoms with E-state index in [1.807, 2.05) is 6.92 Å². The van der Waals surface area contributed by atoms with Crippen LogP contribution in [0.1, 0.15) is 65.0 Å². The number of aryl methyl sites for hydroxylation is 1. The van der Waals surface area contributed by atoms with E-state index in [0.717, 1.165) is 42.5 Å². The van der Waals surface area contributed by atoms with Crippen LogP contribution < -0.4 is 25.0 Å². The maximum Gasteiger partial charge on any atom is 0.343 e. The highest BCUT2D eigenvalue weighted by molar-refractivity contribution is 7.16. The number of benzene rings is 2. The van der Waals surface area contributed by atoms with Gasteiger partial charge in [-0.15, -0.1) is 11.3 Å². The topological polar surface area (TPSA) is 139 Å². The average Bonchev–Trinajstić information content (AvgIpc) is 3.34. The van der Waals surface area contributed by atoms with Crippen LogP contribution in [0.15, 0.2) is 47.6 Å². The Bertz CT molecular complexity index is 1490. The van der Waals surface area contributed by atoms with Gasteiger partial charge in [-0.3, -0.25) is 9.59 Å². The number of rotatable bonds is 10. The zero-order chi connectivity index (χ0) is 29.2. The molecule has 1 aromatic heterocycles. The predicted molar refractivity (Wildman–Crippen MR) is 155 cm³/mol. The highest BCUT2D eigenvalue weighted by Crippen LogP contribution is 2.37. The normalized spacial score (nSPS) is 12.2. The lowest BCUT2D eigenvalue weighted by Gasteiger charge is -2.12. The summed E-state index contributed by atoms with van der Waals surface area (Å²) in [6.45, 7) is 4.72. The van der Waals surface area contributed by atoms with Crippen molar-refractivity contribution in [3.63, 3.8) is 0 Å². The molecule has 0 saturated heterocycles. The van der Waals surface area contributed by atoms with Gasteiger partial charge in [-0.1, -0.05) is 6.92 Å². The Balaban J connectivity index is 1.36. The van der Waals surface area contributed by atoms with Gasteiger partial charge in [-0.05, 0) is 92.6 Å². The molecule has 0 aliphatic heterocycles. The Hall–Kier alpha value is -4.69. The smallest absolute Gasteiger partial charge is 0.343 e. The molecule has 0 atom stereocenters. The number of carbonyl (C=O) groups is 3. The third-order valence-corrected chi connectivity index (χ3v) is 7.34. The first-order valence-electron chi connectivity index (χ1n) is 13.3. The van der Waals surface area contributed by atoms with E-state index in [1.165, 1.54) is 17.6 Å². The summed E-state index contributed by atoms with van der Waals surface area (Å²) in [7, 11) is 0. The number of hydrazone groups is 1. The van der Waals surface area contributed by atoms with Crippen molar-refractivity contribution in [3.8, 4) is 23.3 Å². The molecule has 2 N–H and O–H groups in total. The van der Waals surface area contributed by atoms with Crippen molar-refractivity contribution in [3.05, 3.63) is 69.6 Å². The van der Waals surface area contributed by atoms with Gasteiger partial charge in [0, 0.05) is 4.88 Å². The standard InChI is InChI=1S/C30H30N4O6S/c1-3-15-39-21-12-10-20(11-13-21)30(37)40-24-14-9-19(16-25(24)38-4-2)18-32-34-28(36)27(35)33-29-23(17-31)22-7-5-6-8-26(22)41-29/h9-14,16,18H,3-8,15H2,1-2H3,(H,33,35)(H,34,36). The van der Waals surface area contributed by atoms with Crippen LogP contribution in [0, 0.1) is 11.3 Å². The Morgan fingerprint density at radius 3 is 2.54 bits per heavy atom. The number of thiophene rings is 1. The lowest BCUT2D eigenvalue weighted by molar-refractivity contribution is -0.136. The zero-order valence-corrected chi connectivity index (χ0v) is 23.6. The van der Waals surface area contributed by atoms with Crippen molar-refractivity contribution in [2.45, 2.75) is 46.0 Å². The number of ether oxygens (including phenoxy) is 3. The quantitative estimate of drug-likeness (QED) is 0.114. The van der Waals surface area contributed by atoms with E-state index in [2.05, 4.69) is 21.9 Å². The second kappa shape index (κ2) is 14.1. The van der Waals surface area contributed by atoms with Gasteiger partial charge < -0.3 is 19.5 Å². The molecule has 2 amide bonds. The molecule has 1 heterocycles. The molecule has 0 saturated carbocycles. The van der Waals surface area contributed by atoms with E-state index < -0.39 is 17.8 Å². The molecule has 4 rings (SSSR count). The molecule has 41 heavy (non-hydrogen) atoms. The summed E-state index contributed by atoms with van der Waals surface area (Å²) in [4.78, 5) is 38.5. The molecule has 0 bridgehead atoms. The molecular weight excluding hydrogens is 544 g/mol. The lowest BCUT2D eigenvalue weighted by Crippen LogP contribution is -2.32. The first-order valence-corrected chi connectivity index (χ1v) is 14.2. The Labute approximate surface area is 241 Å². The summed E-state index contributed by atoms with van der Waals surface area (Å²) in [5, 5.41) is 16.3. The highest BCUT2D eigenvalue weighted by atomic mass is 32.1. The minimum absolute atomic E-state index is 0.218. The molecule has 1 aliphatic rings. The van der Waals surface area contributed by atoms with Crippen molar-refractivity contribution in [2.24, 2.45) is 5.10 Å². The summed E-state index contributed by atoms with van der Waals surface area (Å²) in [6.07, 6.45) is 5.91. The van der Waals surface area contributed by atoms with E-state index in [0.29, 0.717) is 46.4 Å². The number of hydrogen-bond donors (Lipinski definition) is 2. The largest absolute Gasteiger partial charge is 0.494 e. The SMILES string of the molecule is CCCOc1ccc(C(=O)Oc2ccc(C=NNC(=O)C(=O)Nc3sc4c(c3C#N)CCCC4)cc2OCC)cc1. The lowest BCUT2D eigenvalue weighted by atomic mass is 9.96. The Morgan fingerprint density at radius 1 is 1.02 bits per heavy atom. The number of esters is 1. The minimum atomic E-state index is -0.974. The second-order valence-corrected chi connectivity index (χ2v) is 10.2. The molecule has 2 aromatic carbocycles. The fourth-order valence-electron chi connectivity index (χ4n) is 4.17. The van der Waals surface area contributed by atoms with E-state index in [1.54, 1.807) is 49.4 Å². The third-order valence-electron chi connectivity index (χ3n) is 6.13. The summed E-state index contributed by atoms with van der Waals surface area (Å²) in [6, 6.07) is 13.6. The van der Waals surface area contributed by atoms with Crippen LogP contribution in [0.2, 0.25) is 0 Å². The van der Waals surface area contributed by atoms with E-state index in [9.17, 15) is 19.6 Å². The van der Waals surface area contributed by atoms with Crippen LogP contribution in [0.4, 0.5) is 5.00 Å². The number of nitriles is 1. The highest BCUT2D eigenvalue weighted by Gasteiger charge is 2.23. The number of carbonyl (C=O) groups excluding carboxylic acids is 3. The molecule has 0 radical (unpaired) electrons. The van der Waals surface area contributed by atoms with Crippen molar-refractivity contribution >= 4 is 40.3 Å². The van der Waals surface area contributed by atoms with Gasteiger partial charge in [0.15, 0.2) is 11.5 Å². The third kappa shape index (κ3) is 7.49. The van der Waals surface area contributed by atoms with Gasteiger partial charge in [0.1, 0.15) is 16.8 Å². The molecule has 11 heteroatoms. The number of nitrogens with zero attached hydrogens (tertiary/aromatic N) is 2. The number of hydrogen-bond acceptors (Lipinski definition) is 9. The van der Waals surface area contributed by atoms with Gasteiger partial charge in [-0.2, -0.15) is 10.4 Å². The van der Waals surface area contributed by atoms with Crippen molar-refractivity contribution in [1.29, 1.82) is 5.26 Å². The number of amides is 2. The fourth-order valence-corrected chi connectivity index (χ4v) is 5.41. The van der Waals surface area contributed by atoms with Crippen LogP contribution in [-0.2, 0) is 22.4 Å². The van der Waals surface area contributed by atoms with Crippen molar-refractivity contribution in [1.82, 2.24) is 5.43 Å². The molecule has 1 aliphatic carbocycles. The second-order valence-electron chi connectivity index (χ2n) is 9.08. The molecule has 0 fully saturated rings. The van der Waals surface area contributed by atoms with Crippen LogP contribution in [0.3, 0.4) is 0 Å². The maximum atomic E-state index is 12.7. The summed E-state index contributed by atoms with van der Waals surface area (Å²) >= 11 is 1.34. The van der Waals surface area contributed by atoms with Gasteiger partial charge >= 0.3 is 17.8 Å². The Morgan fingerprint density at radius 2 is 1.80 bits per heavy atom. The first kappa shape index (κ1) is 29.3. The molecular formula is C30H30N4O6S. The van der Waals surface area contributed by atoms with Crippen molar-refractivity contribution < 1.29 is 28.6 Å². The summed E-state index contributed by atoms with van der Waals surface area (Å²) in [5.41, 5.74) is 4.47. The molecule has 3 aromatic rings. The van der Waals surface area contributed by atoms with Crippen molar-refractivity contribution in [2.75, 3.05) is 18.5 Å². The van der Waals surface area contributed by atoms with Crippen LogP contribution in [0.5, 0.6) is 17.2 Å². The van der Waals surface area contributed by atoms with Gasteiger partial charge in [0.25, 0.3) is 0 Å². The van der Waals surface area contributed by atoms with Gasteiger partial charge in [0.2, 0.25) is 0 Å². The Kier molecular flexibility index (Phi) is 10.1. The monoisotopic (exact) mass is 574 g/mol. The minimum Gasteiger partial charge on any atom is -0.494 e. The summed E-state index contributed by atoms with van der Waals surface area (Å²) < 4.78 is 16.7. The van der Waals surface area contributed by atoms with Crippen LogP contribution >= 0.6 is 11.3 Å². The zero-order valence-electron chi connectivity index (χ0n) is 22.8. The molecule has 212 valence electrons. The van der Waals surface area contributed by atoms with E-state index in [-0.39, 0.29) is 5.75 Å². The maximum absolute atomic E-state index is 12.7. The van der Waals surface area contributed by atoms with Gasteiger partial charge in [0.05, 0.1) is 30.6 Å². The summed E-state index contributed by atoms with van der Waals surface area (Å²) in [5.74, 6) is -1.25. The number of anilines is 1. The number of fused-ring (bicyclic) bond motifs is 1. The fraction of sp³-hybridized carbons (Fsp3) is 0.300. The van der Waals surface area contributed by atoms with E-state index >= 15 is 0 Å². The first-order chi connectivity index (χ1) is 19.9. The molecule has 10 nitrogen and oxygen atoms in total. The predicted octanol–water partition coefficient (Wildman–Crippen LogP) is 4.99. The van der Waals surface area contributed by atoms with Gasteiger partial charge in [-0.25, -0.2) is 10.2 Å². The van der Waals surface area contributed by atoms with Crippen LogP contribution in [0.25, 0.3) is 0 Å².